The molecule has 0 spiro atoms. The van der Waals surface area contributed by atoms with E-state index in [1.165, 1.54) is 38.8 Å². The quantitative estimate of drug-likeness (QED) is 0.764. The molecule has 3 aliphatic rings. The molecular formula is C18H33N3O2. The van der Waals surface area contributed by atoms with Crippen LogP contribution < -0.4 is 10.6 Å². The monoisotopic (exact) mass is 323 g/mol. The van der Waals surface area contributed by atoms with Gasteiger partial charge in [-0.15, -0.1) is 0 Å². The fourth-order valence-electron chi connectivity index (χ4n) is 4.57. The van der Waals surface area contributed by atoms with Crippen LogP contribution in [0.2, 0.25) is 0 Å². The van der Waals surface area contributed by atoms with E-state index in [4.69, 9.17) is 4.74 Å². The Labute approximate surface area is 140 Å². The average molecular weight is 323 g/mol. The predicted molar refractivity (Wildman–Crippen MR) is 91.5 cm³/mol. The van der Waals surface area contributed by atoms with Gasteiger partial charge in [-0.3, -0.25) is 0 Å². The minimum atomic E-state index is 0.00885. The lowest BCUT2D eigenvalue weighted by atomic mass is 9.82. The molecule has 23 heavy (non-hydrogen) atoms. The first kappa shape index (κ1) is 17.0. The minimum Gasteiger partial charge on any atom is -0.378 e. The van der Waals surface area contributed by atoms with Crippen LogP contribution in [0, 0.1) is 11.8 Å². The van der Waals surface area contributed by atoms with Gasteiger partial charge in [0, 0.05) is 31.7 Å². The van der Waals surface area contributed by atoms with Crippen LogP contribution in [-0.2, 0) is 4.74 Å². The van der Waals surface area contributed by atoms with E-state index in [2.05, 4.69) is 22.5 Å². The molecular weight excluding hydrogens is 290 g/mol. The summed E-state index contributed by atoms with van der Waals surface area (Å²) in [5.74, 6) is 1.36. The first-order valence-corrected chi connectivity index (χ1v) is 9.60. The highest BCUT2D eigenvalue weighted by molar-refractivity contribution is 5.74. The van der Waals surface area contributed by atoms with Crippen molar-refractivity contribution in [3.05, 3.63) is 0 Å². The van der Waals surface area contributed by atoms with Crippen LogP contribution in [0.15, 0.2) is 0 Å². The number of carbonyl (C=O) groups is 1. The van der Waals surface area contributed by atoms with Crippen LogP contribution in [0.5, 0.6) is 0 Å². The molecule has 0 aromatic carbocycles. The second-order valence-electron chi connectivity index (χ2n) is 7.70. The summed E-state index contributed by atoms with van der Waals surface area (Å²) in [4.78, 5) is 14.7. The molecule has 5 heteroatoms. The average Bonchev–Trinajstić information content (AvgIpc) is 3.01. The van der Waals surface area contributed by atoms with E-state index in [1.54, 1.807) is 0 Å². The number of urea groups is 1. The minimum absolute atomic E-state index is 0.00885. The molecule has 5 nitrogen and oxygen atoms in total. The van der Waals surface area contributed by atoms with E-state index in [1.807, 2.05) is 0 Å². The topological polar surface area (TPSA) is 53.6 Å². The lowest BCUT2D eigenvalue weighted by molar-refractivity contribution is 0.0549. The number of piperidine rings is 1. The summed E-state index contributed by atoms with van der Waals surface area (Å²) < 4.78 is 5.77. The number of amides is 2. The Morgan fingerprint density at radius 1 is 1.22 bits per heavy atom. The van der Waals surface area contributed by atoms with Crippen molar-refractivity contribution in [1.29, 1.82) is 0 Å². The third kappa shape index (κ3) is 4.83. The molecule has 2 aliphatic heterocycles. The zero-order chi connectivity index (χ0) is 16.1. The zero-order valence-electron chi connectivity index (χ0n) is 14.6. The molecule has 0 radical (unpaired) electrons. The van der Waals surface area contributed by atoms with E-state index >= 15 is 0 Å². The van der Waals surface area contributed by atoms with Crippen molar-refractivity contribution in [1.82, 2.24) is 15.5 Å². The number of hydrogen-bond acceptors (Lipinski definition) is 3. The lowest BCUT2D eigenvalue weighted by Gasteiger charge is -2.33. The highest BCUT2D eigenvalue weighted by Crippen LogP contribution is 2.34. The van der Waals surface area contributed by atoms with Gasteiger partial charge in [0.05, 0.1) is 6.10 Å². The largest absolute Gasteiger partial charge is 0.378 e. The SMILES string of the molecule is C[C@@H]1CCCN(CCCNC(=O)N[C@@H]2CCC[C@@H]3OCC[C@@H]32)C1. The van der Waals surface area contributed by atoms with E-state index in [0.29, 0.717) is 18.1 Å². The van der Waals surface area contributed by atoms with Crippen LogP contribution in [-0.4, -0.2) is 55.9 Å². The standard InChI is InChI=1S/C18H33N3O2/c1-14-5-3-10-21(13-14)11-4-9-19-18(22)20-16-6-2-7-17-15(16)8-12-23-17/h14-17H,2-13H2,1H3,(H2,19,20,22)/t14-,15-,16-,17+/m1/s1. The number of rotatable bonds is 5. The number of fused-ring (bicyclic) bond motifs is 1. The van der Waals surface area contributed by atoms with Crippen molar-refractivity contribution in [2.45, 2.75) is 64.0 Å². The maximum Gasteiger partial charge on any atom is 0.315 e. The maximum absolute atomic E-state index is 12.1. The van der Waals surface area contributed by atoms with E-state index in [0.717, 1.165) is 44.9 Å². The van der Waals surface area contributed by atoms with Crippen molar-refractivity contribution in [3.8, 4) is 0 Å². The Hall–Kier alpha value is -0.810. The fraction of sp³-hybridized carbons (Fsp3) is 0.944. The van der Waals surface area contributed by atoms with Crippen molar-refractivity contribution in [2.24, 2.45) is 11.8 Å². The van der Waals surface area contributed by atoms with Gasteiger partial charge in [-0.05, 0) is 64.0 Å². The molecule has 2 saturated heterocycles. The van der Waals surface area contributed by atoms with Gasteiger partial charge in [-0.25, -0.2) is 4.79 Å². The van der Waals surface area contributed by atoms with Gasteiger partial charge in [0.25, 0.3) is 0 Å². The first-order chi connectivity index (χ1) is 11.2. The van der Waals surface area contributed by atoms with Crippen LogP contribution in [0.3, 0.4) is 0 Å². The summed E-state index contributed by atoms with van der Waals surface area (Å²) in [5.41, 5.74) is 0. The summed E-state index contributed by atoms with van der Waals surface area (Å²) in [5, 5.41) is 6.24. The van der Waals surface area contributed by atoms with Crippen molar-refractivity contribution >= 4 is 6.03 Å². The lowest BCUT2D eigenvalue weighted by Crippen LogP contribution is -2.49. The highest BCUT2D eigenvalue weighted by atomic mass is 16.5. The molecule has 2 amide bonds. The van der Waals surface area contributed by atoms with Crippen LogP contribution >= 0.6 is 0 Å². The van der Waals surface area contributed by atoms with Gasteiger partial charge in [0.2, 0.25) is 0 Å². The van der Waals surface area contributed by atoms with Gasteiger partial charge < -0.3 is 20.3 Å². The third-order valence-corrected chi connectivity index (χ3v) is 5.78. The zero-order valence-corrected chi connectivity index (χ0v) is 14.6. The molecule has 1 aliphatic carbocycles. The number of nitrogens with one attached hydrogen (secondary N) is 2. The smallest absolute Gasteiger partial charge is 0.315 e. The molecule has 4 atom stereocenters. The number of ether oxygens (including phenoxy) is 1. The Morgan fingerprint density at radius 2 is 2.13 bits per heavy atom. The molecule has 1 saturated carbocycles. The molecule has 2 N–H and O–H groups in total. The van der Waals surface area contributed by atoms with Crippen LogP contribution in [0.1, 0.15) is 51.9 Å². The molecule has 3 rings (SSSR count). The Balaban J connectivity index is 1.30. The summed E-state index contributed by atoms with van der Waals surface area (Å²) >= 11 is 0. The van der Waals surface area contributed by atoms with Gasteiger partial charge in [0.15, 0.2) is 0 Å². The summed E-state index contributed by atoms with van der Waals surface area (Å²) in [6.07, 6.45) is 8.64. The molecule has 3 fully saturated rings. The van der Waals surface area contributed by atoms with E-state index < -0.39 is 0 Å². The number of likely N-dealkylation sites (tertiary alicyclic amines) is 1. The van der Waals surface area contributed by atoms with E-state index in [9.17, 15) is 4.79 Å². The molecule has 0 aromatic rings. The fourth-order valence-corrected chi connectivity index (χ4v) is 4.57. The number of hydrogen-bond donors (Lipinski definition) is 2. The number of carbonyl (C=O) groups excluding carboxylic acids is 1. The third-order valence-electron chi connectivity index (χ3n) is 5.78. The molecule has 0 unspecified atom stereocenters. The Bertz CT molecular complexity index is 390. The van der Waals surface area contributed by atoms with E-state index in [-0.39, 0.29) is 6.03 Å². The van der Waals surface area contributed by atoms with Crippen LogP contribution in [0.25, 0.3) is 0 Å². The summed E-state index contributed by atoms with van der Waals surface area (Å²) in [6.45, 7) is 7.52. The highest BCUT2D eigenvalue weighted by Gasteiger charge is 2.38. The van der Waals surface area contributed by atoms with Crippen molar-refractivity contribution in [2.75, 3.05) is 32.8 Å². The van der Waals surface area contributed by atoms with Crippen LogP contribution in [0.4, 0.5) is 4.79 Å². The summed E-state index contributed by atoms with van der Waals surface area (Å²) in [6, 6.07) is 0.314. The van der Waals surface area contributed by atoms with Crippen molar-refractivity contribution in [3.63, 3.8) is 0 Å². The van der Waals surface area contributed by atoms with Gasteiger partial charge >= 0.3 is 6.03 Å². The second kappa shape index (κ2) is 8.34. The Kier molecular flexibility index (Phi) is 6.17. The van der Waals surface area contributed by atoms with Crippen molar-refractivity contribution < 1.29 is 9.53 Å². The maximum atomic E-state index is 12.1. The number of nitrogens with zero attached hydrogens (tertiary/aromatic N) is 1. The predicted octanol–water partition coefficient (Wildman–Crippen LogP) is 2.37. The molecule has 2 heterocycles. The second-order valence-corrected chi connectivity index (χ2v) is 7.70. The first-order valence-electron chi connectivity index (χ1n) is 9.60. The molecule has 0 aromatic heterocycles. The molecule has 132 valence electrons. The normalized spacial score (nSPS) is 34.8. The Morgan fingerprint density at radius 3 is 3.00 bits per heavy atom. The van der Waals surface area contributed by atoms with Gasteiger partial charge in [0.1, 0.15) is 0 Å². The summed E-state index contributed by atoms with van der Waals surface area (Å²) in [7, 11) is 0. The molecule has 0 bridgehead atoms. The van der Waals surface area contributed by atoms with Gasteiger partial charge in [-0.1, -0.05) is 6.92 Å². The van der Waals surface area contributed by atoms with Gasteiger partial charge in [-0.2, -0.15) is 0 Å².